The van der Waals surface area contributed by atoms with Crippen molar-refractivity contribution in [2.75, 3.05) is 6.61 Å². The van der Waals surface area contributed by atoms with Gasteiger partial charge in [0.15, 0.2) is 0 Å². The fourth-order valence-electron chi connectivity index (χ4n) is 1.68. The van der Waals surface area contributed by atoms with Gasteiger partial charge in [0.1, 0.15) is 24.4 Å². The maximum Gasteiger partial charge on any atom is 0.228 e. The van der Waals surface area contributed by atoms with E-state index in [1.807, 2.05) is 0 Å². The average molecular weight is 188 g/mol. The number of ether oxygens (including phenoxy) is 3. The summed E-state index contributed by atoms with van der Waals surface area (Å²) in [4.78, 5) is 0. The third-order valence-corrected chi connectivity index (χ3v) is 2.30. The van der Waals surface area contributed by atoms with E-state index in [9.17, 15) is 10.2 Å². The van der Waals surface area contributed by atoms with Gasteiger partial charge in [0.25, 0.3) is 0 Å². The first-order valence-electron chi connectivity index (χ1n) is 4.13. The zero-order chi connectivity index (χ0) is 9.42. The monoisotopic (exact) mass is 188 g/mol. The van der Waals surface area contributed by atoms with Crippen molar-refractivity contribution in [3.8, 4) is 0 Å². The predicted molar refractivity (Wildman–Crippen MR) is 41.7 cm³/mol. The number of rotatable bonds is 2. The molecule has 0 amide bonds. The van der Waals surface area contributed by atoms with Crippen LogP contribution in [-0.2, 0) is 14.2 Å². The molecule has 2 rings (SSSR count). The normalized spacial score (nSPS) is 48.9. The summed E-state index contributed by atoms with van der Waals surface area (Å²) < 4.78 is 15.3. The van der Waals surface area contributed by atoms with Crippen LogP contribution in [0.25, 0.3) is 0 Å². The molecule has 2 aliphatic heterocycles. The van der Waals surface area contributed by atoms with Crippen molar-refractivity contribution in [3.63, 3.8) is 0 Å². The Morgan fingerprint density at radius 2 is 2.15 bits per heavy atom. The van der Waals surface area contributed by atoms with Gasteiger partial charge in [0, 0.05) is 0 Å². The van der Waals surface area contributed by atoms with Crippen LogP contribution >= 0.6 is 0 Å². The fourth-order valence-corrected chi connectivity index (χ4v) is 1.68. The Kier molecular flexibility index (Phi) is 2.25. The lowest BCUT2D eigenvalue weighted by Gasteiger charge is -2.15. The molecule has 5 heteroatoms. The minimum atomic E-state index is -0.861. The van der Waals surface area contributed by atoms with E-state index in [1.54, 1.807) is 0 Å². The lowest BCUT2D eigenvalue weighted by atomic mass is 10.1. The lowest BCUT2D eigenvalue weighted by molar-refractivity contribution is -0.153. The third-order valence-electron chi connectivity index (χ3n) is 2.30. The van der Waals surface area contributed by atoms with E-state index in [2.05, 4.69) is 6.58 Å². The van der Waals surface area contributed by atoms with E-state index in [-0.39, 0.29) is 6.61 Å². The van der Waals surface area contributed by atoms with Crippen LogP contribution < -0.4 is 0 Å². The van der Waals surface area contributed by atoms with E-state index >= 15 is 0 Å². The van der Waals surface area contributed by atoms with Gasteiger partial charge < -0.3 is 24.4 Å². The highest BCUT2D eigenvalue weighted by Crippen LogP contribution is 2.31. The maximum atomic E-state index is 9.57. The van der Waals surface area contributed by atoms with Gasteiger partial charge in [-0.05, 0) is 0 Å². The second-order valence-electron chi connectivity index (χ2n) is 3.13. The number of hydrogen-bond acceptors (Lipinski definition) is 5. The Bertz CT molecular complexity index is 207. The molecule has 5 nitrogen and oxygen atoms in total. The Morgan fingerprint density at radius 3 is 2.77 bits per heavy atom. The molecule has 0 spiro atoms. The molecule has 2 N–H and O–H groups in total. The molecule has 0 aliphatic carbocycles. The van der Waals surface area contributed by atoms with Crippen molar-refractivity contribution in [2.45, 2.75) is 30.7 Å². The van der Waals surface area contributed by atoms with E-state index in [4.69, 9.17) is 14.2 Å². The first-order valence-corrected chi connectivity index (χ1v) is 4.13. The molecule has 0 radical (unpaired) electrons. The lowest BCUT2D eigenvalue weighted by Crippen LogP contribution is -2.32. The second-order valence-corrected chi connectivity index (χ2v) is 3.13. The Hall–Kier alpha value is -0.620. The van der Waals surface area contributed by atoms with E-state index in [1.165, 1.54) is 6.26 Å². The van der Waals surface area contributed by atoms with Crippen LogP contribution in [-0.4, -0.2) is 47.5 Å². The molecule has 13 heavy (non-hydrogen) atoms. The molecular formula is C8H12O5. The van der Waals surface area contributed by atoms with Crippen molar-refractivity contribution < 1.29 is 24.4 Å². The van der Waals surface area contributed by atoms with Crippen molar-refractivity contribution >= 4 is 0 Å². The molecule has 2 heterocycles. The van der Waals surface area contributed by atoms with Crippen molar-refractivity contribution in [1.82, 2.24) is 0 Å². The highest BCUT2D eigenvalue weighted by molar-refractivity contribution is 4.96. The van der Waals surface area contributed by atoms with E-state index in [0.717, 1.165) is 0 Å². The van der Waals surface area contributed by atoms with Gasteiger partial charge in [-0.1, -0.05) is 6.58 Å². The topological polar surface area (TPSA) is 68.2 Å². The van der Waals surface area contributed by atoms with Gasteiger partial charge >= 0.3 is 0 Å². The van der Waals surface area contributed by atoms with Crippen LogP contribution in [0, 0.1) is 0 Å². The largest absolute Gasteiger partial charge is 0.470 e. The van der Waals surface area contributed by atoms with Crippen molar-refractivity contribution in [1.29, 1.82) is 0 Å². The molecule has 0 aromatic rings. The SMILES string of the molecule is C=COC1O[C@H]2[C@@H](OC[C@H]2O)[C@@H]1O. The Balaban J connectivity index is 2.04. The summed E-state index contributed by atoms with van der Waals surface area (Å²) in [6, 6.07) is 0. The molecule has 0 aromatic carbocycles. The van der Waals surface area contributed by atoms with Gasteiger partial charge in [0.2, 0.25) is 6.29 Å². The van der Waals surface area contributed by atoms with Crippen LogP contribution in [0.4, 0.5) is 0 Å². The minimum Gasteiger partial charge on any atom is -0.470 e. The third kappa shape index (κ3) is 1.34. The first kappa shape index (κ1) is 8.96. The molecule has 0 saturated carbocycles. The van der Waals surface area contributed by atoms with Crippen LogP contribution in [0.15, 0.2) is 12.8 Å². The highest BCUT2D eigenvalue weighted by Gasteiger charge is 2.52. The van der Waals surface area contributed by atoms with Gasteiger partial charge in [-0.15, -0.1) is 0 Å². The van der Waals surface area contributed by atoms with Gasteiger partial charge in [-0.2, -0.15) is 0 Å². The zero-order valence-corrected chi connectivity index (χ0v) is 7.00. The van der Waals surface area contributed by atoms with Gasteiger partial charge in [0.05, 0.1) is 12.9 Å². The van der Waals surface area contributed by atoms with Gasteiger partial charge in [-0.3, -0.25) is 0 Å². The van der Waals surface area contributed by atoms with Gasteiger partial charge in [-0.25, -0.2) is 0 Å². The number of aliphatic hydroxyl groups is 2. The summed E-state index contributed by atoms with van der Waals surface area (Å²) in [5.74, 6) is 0. The molecular weight excluding hydrogens is 176 g/mol. The molecule has 2 fully saturated rings. The van der Waals surface area contributed by atoms with E-state index in [0.29, 0.717) is 0 Å². The number of fused-ring (bicyclic) bond motifs is 1. The summed E-state index contributed by atoms with van der Waals surface area (Å²) in [5, 5.41) is 18.9. The van der Waals surface area contributed by atoms with Crippen LogP contribution in [0.5, 0.6) is 0 Å². The Morgan fingerprint density at radius 1 is 1.38 bits per heavy atom. The first-order chi connectivity index (χ1) is 6.24. The second kappa shape index (κ2) is 3.26. The summed E-state index contributed by atoms with van der Waals surface area (Å²) in [6.45, 7) is 3.56. The van der Waals surface area contributed by atoms with E-state index < -0.39 is 30.7 Å². The summed E-state index contributed by atoms with van der Waals surface area (Å²) in [5.41, 5.74) is 0. The molecule has 2 saturated heterocycles. The molecule has 2 aliphatic rings. The maximum absolute atomic E-state index is 9.57. The summed E-state index contributed by atoms with van der Waals surface area (Å²) in [7, 11) is 0. The molecule has 0 bridgehead atoms. The zero-order valence-electron chi connectivity index (χ0n) is 7.00. The fraction of sp³-hybridized carbons (Fsp3) is 0.750. The molecule has 5 atom stereocenters. The van der Waals surface area contributed by atoms with Crippen molar-refractivity contribution in [3.05, 3.63) is 12.8 Å². The van der Waals surface area contributed by atoms with Crippen LogP contribution in [0.2, 0.25) is 0 Å². The molecule has 1 unspecified atom stereocenters. The van der Waals surface area contributed by atoms with Crippen molar-refractivity contribution in [2.24, 2.45) is 0 Å². The minimum absolute atomic E-state index is 0.202. The number of hydrogen-bond donors (Lipinski definition) is 2. The summed E-state index contributed by atoms with van der Waals surface area (Å²) in [6.07, 6.45) is -2.10. The average Bonchev–Trinajstić information content (AvgIpc) is 2.59. The highest BCUT2D eigenvalue weighted by atomic mass is 16.7. The predicted octanol–water partition coefficient (Wildman–Crippen LogP) is -1.01. The quantitative estimate of drug-likeness (QED) is 0.543. The van der Waals surface area contributed by atoms with Crippen LogP contribution in [0.3, 0.4) is 0 Å². The van der Waals surface area contributed by atoms with Crippen LogP contribution in [0.1, 0.15) is 0 Å². The number of aliphatic hydroxyl groups excluding tert-OH is 2. The smallest absolute Gasteiger partial charge is 0.228 e. The standard InChI is InChI=1S/C8H12O5/c1-2-11-8-5(10)7-6(13-8)4(9)3-12-7/h2,4-10H,1,3H2/t4-,5+,6-,7+,8?/m1/s1. The molecule has 0 aromatic heterocycles. The summed E-state index contributed by atoms with van der Waals surface area (Å²) >= 11 is 0. The Labute approximate surface area is 75.5 Å². The molecule has 74 valence electrons.